The zero-order valence-electron chi connectivity index (χ0n) is 15.4. The third-order valence-corrected chi connectivity index (χ3v) is 6.01. The molecular formula is C19H39N. The lowest BCUT2D eigenvalue weighted by atomic mass is 9.69. The molecule has 20 heavy (non-hydrogen) atoms. The van der Waals surface area contributed by atoms with E-state index >= 15 is 0 Å². The Kier molecular flexibility index (Phi) is 6.14. The molecule has 0 aromatic rings. The van der Waals surface area contributed by atoms with Gasteiger partial charge in [0.15, 0.2) is 0 Å². The smallest absolute Gasteiger partial charge is 0.0153 e. The lowest BCUT2D eigenvalue weighted by Gasteiger charge is -2.41. The molecule has 0 saturated carbocycles. The van der Waals surface area contributed by atoms with Crippen molar-refractivity contribution < 1.29 is 0 Å². The Morgan fingerprint density at radius 3 is 1.80 bits per heavy atom. The van der Waals surface area contributed by atoms with Crippen molar-refractivity contribution in [1.29, 1.82) is 0 Å². The van der Waals surface area contributed by atoms with Crippen molar-refractivity contribution in [3.63, 3.8) is 0 Å². The fourth-order valence-electron chi connectivity index (χ4n) is 4.68. The predicted octanol–water partition coefficient (Wildman–Crippen LogP) is 5.60. The molecule has 1 aliphatic rings. The summed E-state index contributed by atoms with van der Waals surface area (Å²) in [6, 6.07) is 0. The second-order valence-electron chi connectivity index (χ2n) is 8.65. The summed E-state index contributed by atoms with van der Waals surface area (Å²) in [5.74, 6) is 2.70. The van der Waals surface area contributed by atoms with E-state index in [4.69, 9.17) is 0 Å². The van der Waals surface area contributed by atoms with Gasteiger partial charge in [-0.15, -0.1) is 0 Å². The molecule has 0 N–H and O–H groups in total. The van der Waals surface area contributed by atoms with Crippen LogP contribution >= 0.6 is 0 Å². The zero-order chi connectivity index (χ0) is 15.6. The summed E-state index contributed by atoms with van der Waals surface area (Å²) in [7, 11) is 2.34. The van der Waals surface area contributed by atoms with E-state index in [1.54, 1.807) is 0 Å². The second-order valence-corrected chi connectivity index (χ2v) is 8.65. The van der Waals surface area contributed by atoms with E-state index < -0.39 is 0 Å². The maximum absolute atomic E-state index is 2.63. The Morgan fingerprint density at radius 1 is 0.850 bits per heavy atom. The van der Waals surface area contributed by atoms with Gasteiger partial charge in [0.2, 0.25) is 0 Å². The molecule has 0 aromatic carbocycles. The summed E-state index contributed by atoms with van der Waals surface area (Å²) in [6.07, 6.45) is 6.78. The van der Waals surface area contributed by atoms with Gasteiger partial charge in [0.1, 0.15) is 0 Å². The summed E-state index contributed by atoms with van der Waals surface area (Å²) in [5.41, 5.74) is 0.761. The van der Waals surface area contributed by atoms with E-state index in [-0.39, 0.29) is 0 Å². The SMILES string of the molecule is CCC1CC(C)(C)CN(C)C(C)(C)CC(CC)C1CC. The van der Waals surface area contributed by atoms with Crippen molar-refractivity contribution in [3.05, 3.63) is 0 Å². The maximum Gasteiger partial charge on any atom is 0.0153 e. The van der Waals surface area contributed by atoms with Crippen LogP contribution in [-0.4, -0.2) is 24.0 Å². The first-order chi connectivity index (χ1) is 9.16. The lowest BCUT2D eigenvalue weighted by molar-refractivity contribution is 0.0828. The van der Waals surface area contributed by atoms with Gasteiger partial charge in [-0.3, -0.25) is 0 Å². The molecule has 0 amide bonds. The fraction of sp³-hybridized carbons (Fsp3) is 1.00. The van der Waals surface area contributed by atoms with E-state index in [2.05, 4.69) is 60.4 Å². The van der Waals surface area contributed by atoms with Crippen LogP contribution in [0.1, 0.15) is 80.6 Å². The first-order valence-electron chi connectivity index (χ1n) is 8.88. The quantitative estimate of drug-likeness (QED) is 0.651. The summed E-state index contributed by atoms with van der Waals surface area (Å²) >= 11 is 0. The minimum Gasteiger partial charge on any atom is -0.301 e. The summed E-state index contributed by atoms with van der Waals surface area (Å²) in [4.78, 5) is 2.63. The monoisotopic (exact) mass is 281 g/mol. The molecule has 3 unspecified atom stereocenters. The van der Waals surface area contributed by atoms with E-state index in [1.165, 1.54) is 38.6 Å². The molecule has 1 aliphatic heterocycles. The maximum atomic E-state index is 2.63. The predicted molar refractivity (Wildman–Crippen MR) is 91.1 cm³/mol. The van der Waals surface area contributed by atoms with Crippen LogP contribution in [-0.2, 0) is 0 Å². The average molecular weight is 282 g/mol. The molecule has 120 valence electrons. The van der Waals surface area contributed by atoms with Crippen molar-refractivity contribution >= 4 is 0 Å². The molecule has 0 bridgehead atoms. The standard InChI is InChI=1S/C19H39N/c1-9-15-12-18(4,5)14-20(8)19(6,7)13-16(10-2)17(15)11-3/h15-17H,9-14H2,1-8H3. The summed E-state index contributed by atoms with van der Waals surface area (Å²) in [6.45, 7) is 18.3. The fourth-order valence-corrected chi connectivity index (χ4v) is 4.68. The summed E-state index contributed by atoms with van der Waals surface area (Å²) < 4.78 is 0. The van der Waals surface area contributed by atoms with Crippen molar-refractivity contribution in [2.45, 2.75) is 86.1 Å². The van der Waals surface area contributed by atoms with Gasteiger partial charge in [-0.1, -0.05) is 53.9 Å². The normalized spacial score (nSPS) is 35.1. The highest BCUT2D eigenvalue weighted by molar-refractivity contribution is 4.92. The van der Waals surface area contributed by atoms with Gasteiger partial charge < -0.3 is 4.90 Å². The molecule has 1 heterocycles. The number of nitrogens with zero attached hydrogens (tertiary/aromatic N) is 1. The van der Waals surface area contributed by atoms with Crippen LogP contribution in [0.25, 0.3) is 0 Å². The molecule has 3 atom stereocenters. The van der Waals surface area contributed by atoms with Crippen LogP contribution < -0.4 is 0 Å². The lowest BCUT2D eigenvalue weighted by Crippen LogP contribution is -2.46. The molecule has 0 spiro atoms. The van der Waals surface area contributed by atoms with Crippen LogP contribution in [0.3, 0.4) is 0 Å². The molecule has 0 aliphatic carbocycles. The van der Waals surface area contributed by atoms with Crippen molar-refractivity contribution in [2.24, 2.45) is 23.2 Å². The molecular weight excluding hydrogens is 242 g/mol. The van der Waals surface area contributed by atoms with Gasteiger partial charge in [0.25, 0.3) is 0 Å². The van der Waals surface area contributed by atoms with E-state index in [1.807, 2.05) is 0 Å². The number of hydrogen-bond donors (Lipinski definition) is 0. The number of rotatable bonds is 3. The third-order valence-electron chi connectivity index (χ3n) is 6.01. The molecule has 1 nitrogen and oxygen atoms in total. The first kappa shape index (κ1) is 18.0. The second kappa shape index (κ2) is 6.81. The Morgan fingerprint density at radius 2 is 1.35 bits per heavy atom. The average Bonchev–Trinajstić information content (AvgIpc) is 2.37. The van der Waals surface area contributed by atoms with Crippen LogP contribution in [0.2, 0.25) is 0 Å². The van der Waals surface area contributed by atoms with E-state index in [9.17, 15) is 0 Å². The highest BCUT2D eigenvalue weighted by Gasteiger charge is 2.39. The van der Waals surface area contributed by atoms with Gasteiger partial charge in [0, 0.05) is 12.1 Å². The van der Waals surface area contributed by atoms with Gasteiger partial charge in [0.05, 0.1) is 0 Å². The van der Waals surface area contributed by atoms with Gasteiger partial charge in [-0.2, -0.15) is 0 Å². The van der Waals surface area contributed by atoms with E-state index in [0.717, 1.165) is 17.8 Å². The van der Waals surface area contributed by atoms with Crippen molar-refractivity contribution in [3.8, 4) is 0 Å². The Labute approximate surface area is 128 Å². The van der Waals surface area contributed by atoms with Crippen LogP contribution in [0.4, 0.5) is 0 Å². The van der Waals surface area contributed by atoms with Gasteiger partial charge in [-0.25, -0.2) is 0 Å². The zero-order valence-corrected chi connectivity index (χ0v) is 15.4. The molecule has 0 aromatic heterocycles. The summed E-state index contributed by atoms with van der Waals surface area (Å²) in [5, 5.41) is 0. The molecule has 1 rings (SSSR count). The topological polar surface area (TPSA) is 3.24 Å². The molecule has 1 heteroatoms. The molecule has 1 fully saturated rings. The minimum atomic E-state index is 0.327. The number of hydrogen-bond acceptors (Lipinski definition) is 1. The van der Waals surface area contributed by atoms with Crippen molar-refractivity contribution in [1.82, 2.24) is 4.90 Å². The molecule has 0 radical (unpaired) electrons. The minimum absolute atomic E-state index is 0.327. The van der Waals surface area contributed by atoms with Crippen LogP contribution in [0.5, 0.6) is 0 Å². The largest absolute Gasteiger partial charge is 0.301 e. The Balaban J connectivity index is 3.13. The van der Waals surface area contributed by atoms with Gasteiger partial charge in [-0.05, 0) is 56.9 Å². The Hall–Kier alpha value is -0.0400. The molecule has 1 saturated heterocycles. The van der Waals surface area contributed by atoms with Crippen LogP contribution in [0.15, 0.2) is 0 Å². The van der Waals surface area contributed by atoms with E-state index in [0.29, 0.717) is 11.0 Å². The highest BCUT2D eigenvalue weighted by atomic mass is 15.2. The highest BCUT2D eigenvalue weighted by Crippen LogP contribution is 2.43. The van der Waals surface area contributed by atoms with Crippen LogP contribution in [0, 0.1) is 23.2 Å². The Bertz CT molecular complexity index is 292. The van der Waals surface area contributed by atoms with Gasteiger partial charge >= 0.3 is 0 Å². The first-order valence-corrected chi connectivity index (χ1v) is 8.88. The van der Waals surface area contributed by atoms with Crippen molar-refractivity contribution in [2.75, 3.05) is 13.6 Å². The third kappa shape index (κ3) is 4.23.